The highest BCUT2D eigenvalue weighted by Crippen LogP contribution is 2.25. The van der Waals surface area contributed by atoms with Gasteiger partial charge < -0.3 is 19.9 Å². The number of halogens is 1. The molecular formula is C18H16BrNO6. The largest absolute Gasteiger partial charge is 0.479 e. The van der Waals surface area contributed by atoms with Crippen LogP contribution in [0.4, 0.5) is 5.69 Å². The molecule has 8 heteroatoms. The quantitative estimate of drug-likeness (QED) is 0.708. The number of esters is 1. The van der Waals surface area contributed by atoms with Crippen LogP contribution >= 0.6 is 15.9 Å². The minimum atomic E-state index is -1.13. The lowest BCUT2D eigenvalue weighted by Crippen LogP contribution is -2.25. The van der Waals surface area contributed by atoms with Gasteiger partial charge in [0, 0.05) is 10.9 Å². The van der Waals surface area contributed by atoms with Crippen LogP contribution in [0.25, 0.3) is 0 Å². The summed E-state index contributed by atoms with van der Waals surface area (Å²) in [6.07, 6.45) is 5.38. The van der Waals surface area contributed by atoms with E-state index in [-0.39, 0.29) is 17.2 Å². The zero-order chi connectivity index (χ0) is 18.7. The number of amides is 1. The van der Waals surface area contributed by atoms with E-state index in [4.69, 9.17) is 9.47 Å². The van der Waals surface area contributed by atoms with E-state index in [1.54, 1.807) is 24.3 Å². The van der Waals surface area contributed by atoms with Gasteiger partial charge in [0.15, 0.2) is 6.10 Å². The maximum absolute atomic E-state index is 12.5. The topological polar surface area (TPSA) is 102 Å². The Balaban J connectivity index is 1.71. The second-order valence-corrected chi connectivity index (χ2v) is 6.78. The van der Waals surface area contributed by atoms with E-state index < -0.39 is 24.0 Å². The average Bonchev–Trinajstić information content (AvgIpc) is 3.01. The molecule has 0 aromatic heterocycles. The van der Waals surface area contributed by atoms with Crippen molar-refractivity contribution in [3.8, 4) is 0 Å². The number of hydrogen-bond donors (Lipinski definition) is 2. The third kappa shape index (κ3) is 4.13. The first-order valence-corrected chi connectivity index (χ1v) is 8.78. The van der Waals surface area contributed by atoms with E-state index in [1.165, 1.54) is 12.1 Å². The predicted octanol–water partition coefficient (Wildman–Crippen LogP) is 2.88. The van der Waals surface area contributed by atoms with E-state index in [9.17, 15) is 19.5 Å². The van der Waals surface area contributed by atoms with Gasteiger partial charge in [-0.05, 0) is 36.8 Å². The molecule has 0 spiro atoms. The molecule has 1 aromatic rings. The van der Waals surface area contributed by atoms with Crippen molar-refractivity contribution >= 4 is 39.5 Å². The van der Waals surface area contributed by atoms with Crippen LogP contribution < -0.4 is 5.32 Å². The Morgan fingerprint density at radius 1 is 1.35 bits per heavy atom. The molecular weight excluding hydrogens is 406 g/mol. The van der Waals surface area contributed by atoms with Gasteiger partial charge in [-0.15, -0.1) is 0 Å². The van der Waals surface area contributed by atoms with Crippen LogP contribution in [-0.4, -0.2) is 35.7 Å². The smallest absolute Gasteiger partial charge is 0.347 e. The lowest BCUT2D eigenvalue weighted by Gasteiger charge is -2.19. The molecule has 0 bridgehead atoms. The number of cyclic esters (lactones) is 1. The SMILES string of the molecule is O=C(O)c1cc(Br)ccc1NC(=O)C1C=C(OC2CCOC2=O)C=CC1. The molecule has 0 radical (unpaired) electrons. The van der Waals surface area contributed by atoms with Crippen LogP contribution in [0.3, 0.4) is 0 Å². The van der Waals surface area contributed by atoms with E-state index in [1.807, 2.05) is 0 Å². The molecule has 1 saturated heterocycles. The van der Waals surface area contributed by atoms with Crippen LogP contribution in [0.1, 0.15) is 23.2 Å². The molecule has 1 heterocycles. The Labute approximate surface area is 157 Å². The van der Waals surface area contributed by atoms with Crippen molar-refractivity contribution in [2.45, 2.75) is 18.9 Å². The minimum Gasteiger partial charge on any atom is -0.479 e. The fourth-order valence-electron chi connectivity index (χ4n) is 2.69. The van der Waals surface area contributed by atoms with Crippen molar-refractivity contribution in [1.82, 2.24) is 0 Å². The highest BCUT2D eigenvalue weighted by Gasteiger charge is 2.30. The van der Waals surface area contributed by atoms with Crippen LogP contribution in [-0.2, 0) is 19.1 Å². The Morgan fingerprint density at radius 3 is 2.85 bits per heavy atom. The lowest BCUT2D eigenvalue weighted by molar-refractivity contribution is -0.145. The number of carboxylic acids is 1. The molecule has 0 saturated carbocycles. The van der Waals surface area contributed by atoms with Crippen LogP contribution in [0, 0.1) is 5.92 Å². The van der Waals surface area contributed by atoms with Gasteiger partial charge in [-0.1, -0.05) is 22.0 Å². The number of rotatable bonds is 5. The summed E-state index contributed by atoms with van der Waals surface area (Å²) in [7, 11) is 0. The van der Waals surface area contributed by atoms with E-state index >= 15 is 0 Å². The van der Waals surface area contributed by atoms with Gasteiger partial charge in [0.2, 0.25) is 5.91 Å². The number of ether oxygens (including phenoxy) is 2. The Morgan fingerprint density at radius 2 is 2.15 bits per heavy atom. The molecule has 2 unspecified atom stereocenters. The minimum absolute atomic E-state index is 0.00627. The van der Waals surface area contributed by atoms with Crippen molar-refractivity contribution in [2.24, 2.45) is 5.92 Å². The summed E-state index contributed by atoms with van der Waals surface area (Å²) in [6.45, 7) is 0.325. The van der Waals surface area contributed by atoms with Gasteiger partial charge in [-0.2, -0.15) is 0 Å². The molecule has 1 aliphatic heterocycles. The van der Waals surface area contributed by atoms with Gasteiger partial charge >= 0.3 is 11.9 Å². The zero-order valence-electron chi connectivity index (χ0n) is 13.6. The fraction of sp³-hybridized carbons (Fsp3) is 0.278. The fourth-order valence-corrected chi connectivity index (χ4v) is 3.05. The maximum Gasteiger partial charge on any atom is 0.347 e. The molecule has 2 N–H and O–H groups in total. The van der Waals surface area contributed by atoms with Crippen molar-refractivity contribution in [3.63, 3.8) is 0 Å². The van der Waals surface area contributed by atoms with E-state index in [0.29, 0.717) is 29.7 Å². The third-order valence-electron chi connectivity index (χ3n) is 4.01. The monoisotopic (exact) mass is 421 g/mol. The molecule has 26 heavy (non-hydrogen) atoms. The molecule has 1 amide bonds. The van der Waals surface area contributed by atoms with Crippen molar-refractivity contribution in [2.75, 3.05) is 11.9 Å². The van der Waals surface area contributed by atoms with Crippen LogP contribution in [0.2, 0.25) is 0 Å². The molecule has 136 valence electrons. The first-order valence-electron chi connectivity index (χ1n) is 7.99. The van der Waals surface area contributed by atoms with Crippen molar-refractivity contribution < 1.29 is 29.0 Å². The van der Waals surface area contributed by atoms with Crippen molar-refractivity contribution in [3.05, 3.63) is 52.2 Å². The maximum atomic E-state index is 12.5. The molecule has 1 fully saturated rings. The molecule has 3 rings (SSSR count). The Bertz CT molecular complexity index is 816. The first kappa shape index (κ1) is 18.2. The lowest BCUT2D eigenvalue weighted by atomic mass is 9.98. The number of carbonyl (C=O) groups excluding carboxylic acids is 2. The highest BCUT2D eigenvalue weighted by molar-refractivity contribution is 9.10. The number of carbonyl (C=O) groups is 3. The Hall–Kier alpha value is -2.61. The number of allylic oxidation sites excluding steroid dienone is 2. The molecule has 7 nitrogen and oxygen atoms in total. The van der Waals surface area contributed by atoms with Gasteiger partial charge in [-0.3, -0.25) is 4.79 Å². The number of hydrogen-bond acceptors (Lipinski definition) is 5. The van der Waals surface area contributed by atoms with Gasteiger partial charge in [0.05, 0.1) is 23.8 Å². The summed E-state index contributed by atoms with van der Waals surface area (Å²) in [5.74, 6) is -2.00. The highest BCUT2D eigenvalue weighted by atomic mass is 79.9. The normalized spacial score (nSPS) is 21.7. The van der Waals surface area contributed by atoms with Gasteiger partial charge in [-0.25, -0.2) is 9.59 Å². The molecule has 2 atom stereocenters. The first-order chi connectivity index (χ1) is 12.4. The standard InChI is InChI=1S/C18H16BrNO6/c19-11-4-5-14(13(9-11)17(22)23)20-16(21)10-2-1-3-12(8-10)26-15-6-7-25-18(15)24/h1,3-5,8-10,15H,2,6-7H2,(H,20,21)(H,22,23). The number of anilines is 1. The summed E-state index contributed by atoms with van der Waals surface area (Å²) in [5.41, 5.74) is 0.212. The number of nitrogens with one attached hydrogen (secondary N) is 1. The second-order valence-electron chi connectivity index (χ2n) is 5.86. The summed E-state index contributed by atoms with van der Waals surface area (Å²) in [4.78, 5) is 35.4. The van der Waals surface area contributed by atoms with E-state index in [0.717, 1.165) is 0 Å². The van der Waals surface area contributed by atoms with Crippen LogP contribution in [0.15, 0.2) is 46.7 Å². The van der Waals surface area contributed by atoms with Gasteiger partial charge in [0.1, 0.15) is 5.76 Å². The molecule has 1 aromatic carbocycles. The average molecular weight is 422 g/mol. The Kier molecular flexibility index (Phi) is 5.41. The van der Waals surface area contributed by atoms with Crippen LogP contribution in [0.5, 0.6) is 0 Å². The summed E-state index contributed by atoms with van der Waals surface area (Å²) < 4.78 is 11.0. The van der Waals surface area contributed by atoms with Crippen molar-refractivity contribution in [1.29, 1.82) is 0 Å². The van der Waals surface area contributed by atoms with E-state index in [2.05, 4.69) is 21.2 Å². The molecule has 1 aliphatic carbocycles. The predicted molar refractivity (Wildman–Crippen MR) is 95.5 cm³/mol. The second kappa shape index (κ2) is 7.74. The number of aromatic carboxylic acids is 1. The van der Waals surface area contributed by atoms with Gasteiger partial charge in [0.25, 0.3) is 0 Å². The molecule has 2 aliphatic rings. The number of carboxylic acid groups (broad SMARTS) is 1. The summed E-state index contributed by atoms with van der Waals surface area (Å²) in [6, 6.07) is 4.60. The summed E-state index contributed by atoms with van der Waals surface area (Å²) in [5, 5.41) is 11.9. The number of benzene rings is 1. The zero-order valence-corrected chi connectivity index (χ0v) is 15.2. The summed E-state index contributed by atoms with van der Waals surface area (Å²) >= 11 is 3.21. The third-order valence-corrected chi connectivity index (χ3v) is 4.50.